The van der Waals surface area contributed by atoms with E-state index >= 15 is 0 Å². The number of fused-ring (bicyclic) bond motifs is 1. The Morgan fingerprint density at radius 1 is 1.06 bits per heavy atom. The van der Waals surface area contributed by atoms with E-state index in [1.807, 2.05) is 12.1 Å². The van der Waals surface area contributed by atoms with Crippen molar-refractivity contribution in [2.75, 3.05) is 18.0 Å². The predicted molar refractivity (Wildman–Crippen MR) is 185 cm³/mol. The first-order valence-corrected chi connectivity index (χ1v) is 16.8. The van der Waals surface area contributed by atoms with Crippen LogP contribution in [0.1, 0.15) is 49.7 Å². The zero-order valence-corrected chi connectivity index (χ0v) is 29.4. The molecule has 0 aliphatic heterocycles. The van der Waals surface area contributed by atoms with Gasteiger partial charge < -0.3 is 15.2 Å². The average Bonchev–Trinajstić information content (AvgIpc) is 3.37. The quantitative estimate of drug-likeness (QED) is 0.167. The van der Waals surface area contributed by atoms with Crippen molar-refractivity contribution >= 4 is 45.3 Å². The molecule has 0 bridgehead atoms. The SMILES string of the molecule is COc1ccc(CCN(c2nn(C)c3c(-n4c(C(OC(N)=O)C(c5cc(F)cc(F)c5)C(C)(C)C)nccc4=O)ccc(Cl)c23)[SH](=O)=O)cc1. The number of carbonyl (C=O) groups is 1. The standard InChI is InChI=1S/C34H35ClF2N6O6S/c1-34(2,3)28(20-16-21(36)18-22(37)17-20)30(49-33(38)45)32-39-14-12-26(44)43(32)25-11-10-24(35)27-29(25)41(4)40-31(27)42(50(46)47)15-13-19-6-8-23(48-5)9-7-19/h6-12,14,16-18,28,30,50H,13,15H2,1-5H3,(H2,38,45). The highest BCUT2D eigenvalue weighted by molar-refractivity contribution is 7.74. The van der Waals surface area contributed by atoms with Gasteiger partial charge in [0.25, 0.3) is 5.56 Å². The Balaban J connectivity index is 1.71. The number of benzene rings is 3. The van der Waals surface area contributed by atoms with Gasteiger partial charge in [-0.3, -0.25) is 18.3 Å². The van der Waals surface area contributed by atoms with Crippen LogP contribution in [-0.4, -0.2) is 47.5 Å². The van der Waals surface area contributed by atoms with Crippen LogP contribution < -0.4 is 20.3 Å². The predicted octanol–water partition coefficient (Wildman–Crippen LogP) is 5.60. The van der Waals surface area contributed by atoms with Crippen LogP contribution in [0.25, 0.3) is 16.6 Å². The van der Waals surface area contributed by atoms with Crippen LogP contribution >= 0.6 is 11.6 Å². The number of ether oxygens (including phenoxy) is 2. The highest BCUT2D eigenvalue weighted by atomic mass is 35.5. The fraction of sp³-hybridized carbons (Fsp3) is 0.294. The molecule has 1 amide bonds. The van der Waals surface area contributed by atoms with Gasteiger partial charge in [-0.15, -0.1) is 0 Å². The smallest absolute Gasteiger partial charge is 0.405 e. The summed E-state index contributed by atoms with van der Waals surface area (Å²) < 4.78 is 68.9. The third kappa shape index (κ3) is 7.43. The number of aromatic nitrogens is 4. The van der Waals surface area contributed by atoms with E-state index in [0.29, 0.717) is 18.2 Å². The van der Waals surface area contributed by atoms with Crippen LogP contribution in [0.3, 0.4) is 0 Å². The van der Waals surface area contributed by atoms with E-state index < -0.39 is 51.6 Å². The van der Waals surface area contributed by atoms with Crippen molar-refractivity contribution < 1.29 is 31.5 Å². The Hall–Kier alpha value is -5.02. The third-order valence-electron chi connectivity index (χ3n) is 8.20. The number of nitrogens with zero attached hydrogens (tertiary/aromatic N) is 5. The van der Waals surface area contributed by atoms with E-state index in [-0.39, 0.29) is 45.4 Å². The number of rotatable bonds is 11. The highest BCUT2D eigenvalue weighted by Crippen LogP contribution is 2.46. The number of nitrogens with two attached hydrogens (primary N) is 1. The van der Waals surface area contributed by atoms with Crippen LogP contribution in [0.5, 0.6) is 5.75 Å². The first-order valence-electron chi connectivity index (χ1n) is 15.3. The van der Waals surface area contributed by atoms with Crippen LogP contribution in [-0.2, 0) is 29.1 Å². The summed E-state index contributed by atoms with van der Waals surface area (Å²) in [4.78, 5) is 30.6. The van der Waals surface area contributed by atoms with Crippen LogP contribution in [0.4, 0.5) is 19.4 Å². The molecule has 0 spiro atoms. The first kappa shape index (κ1) is 36.3. The molecule has 16 heteroatoms. The molecule has 2 atom stereocenters. The van der Waals surface area contributed by atoms with Gasteiger partial charge in [0, 0.05) is 37.8 Å². The monoisotopic (exact) mass is 728 g/mol. The lowest BCUT2D eigenvalue weighted by Crippen LogP contribution is -2.35. The zero-order chi connectivity index (χ0) is 36.5. The molecule has 0 aliphatic carbocycles. The molecule has 2 N–H and O–H groups in total. The largest absolute Gasteiger partial charge is 0.497 e. The van der Waals surface area contributed by atoms with Crippen LogP contribution in [0.15, 0.2) is 71.7 Å². The maximum atomic E-state index is 14.6. The van der Waals surface area contributed by atoms with Gasteiger partial charge in [-0.2, -0.15) is 5.10 Å². The molecule has 0 saturated heterocycles. The van der Waals surface area contributed by atoms with Crippen molar-refractivity contribution in [2.24, 2.45) is 18.2 Å². The molecule has 5 rings (SSSR count). The summed E-state index contributed by atoms with van der Waals surface area (Å²) >= 11 is 6.71. The molecule has 50 heavy (non-hydrogen) atoms. The van der Waals surface area contributed by atoms with Crippen molar-refractivity contribution in [2.45, 2.75) is 39.2 Å². The molecular formula is C34H35ClF2N6O6S. The molecule has 0 fully saturated rings. The van der Waals surface area contributed by atoms with E-state index in [2.05, 4.69) is 10.1 Å². The van der Waals surface area contributed by atoms with Crippen molar-refractivity contribution in [1.82, 2.24) is 19.3 Å². The fourth-order valence-electron chi connectivity index (χ4n) is 6.14. The number of hydrogen-bond acceptors (Lipinski definition) is 8. The Bertz CT molecular complexity index is 2170. The highest BCUT2D eigenvalue weighted by Gasteiger charge is 2.40. The molecule has 0 radical (unpaired) electrons. The van der Waals surface area contributed by atoms with Crippen molar-refractivity contribution in [3.8, 4) is 11.4 Å². The number of carbonyl (C=O) groups excluding carboxylic acids is 1. The number of aryl methyl sites for hydroxylation is 1. The van der Waals surface area contributed by atoms with Crippen molar-refractivity contribution in [3.63, 3.8) is 0 Å². The lowest BCUT2D eigenvalue weighted by molar-refractivity contribution is 0.0506. The number of halogens is 3. The lowest BCUT2D eigenvalue weighted by atomic mass is 9.72. The van der Waals surface area contributed by atoms with E-state index in [4.69, 9.17) is 26.8 Å². The molecule has 2 heterocycles. The molecule has 12 nitrogen and oxygen atoms in total. The summed E-state index contributed by atoms with van der Waals surface area (Å²) in [6.07, 6.45) is -1.13. The number of hydrogen-bond donors (Lipinski definition) is 2. The van der Waals surface area contributed by atoms with Gasteiger partial charge in [-0.1, -0.05) is 44.5 Å². The third-order valence-corrected chi connectivity index (χ3v) is 9.30. The zero-order valence-electron chi connectivity index (χ0n) is 27.8. The Morgan fingerprint density at radius 3 is 2.30 bits per heavy atom. The van der Waals surface area contributed by atoms with Gasteiger partial charge in [0.1, 0.15) is 17.4 Å². The topological polar surface area (TPSA) is 152 Å². The fourth-order valence-corrected chi connectivity index (χ4v) is 6.93. The maximum absolute atomic E-state index is 14.6. The minimum atomic E-state index is -3.21. The van der Waals surface area contributed by atoms with Gasteiger partial charge in [-0.05, 0) is 59.4 Å². The average molecular weight is 729 g/mol. The Kier molecular flexibility index (Phi) is 10.5. The summed E-state index contributed by atoms with van der Waals surface area (Å²) in [5.41, 5.74) is 5.44. The van der Waals surface area contributed by atoms with Gasteiger partial charge >= 0.3 is 6.09 Å². The summed E-state index contributed by atoms with van der Waals surface area (Å²) in [5.74, 6) is -2.16. The first-order chi connectivity index (χ1) is 23.6. The van der Waals surface area contributed by atoms with Gasteiger partial charge in [-0.25, -0.2) is 27.0 Å². The minimum absolute atomic E-state index is 0.0157. The number of primary amides is 1. The van der Waals surface area contributed by atoms with Gasteiger partial charge in [0.05, 0.1) is 28.7 Å². The lowest BCUT2D eigenvalue weighted by Gasteiger charge is -2.37. The number of methoxy groups -OCH3 is 1. The second kappa shape index (κ2) is 14.5. The van der Waals surface area contributed by atoms with E-state index in [1.165, 1.54) is 29.1 Å². The van der Waals surface area contributed by atoms with E-state index in [0.717, 1.165) is 26.6 Å². The maximum Gasteiger partial charge on any atom is 0.405 e. The molecule has 2 aromatic heterocycles. The second-order valence-corrected chi connectivity index (χ2v) is 13.9. The minimum Gasteiger partial charge on any atom is -0.497 e. The summed E-state index contributed by atoms with van der Waals surface area (Å²) in [5, 5.41) is 4.88. The summed E-state index contributed by atoms with van der Waals surface area (Å²) in [7, 11) is -0.108. The Labute approximate surface area is 293 Å². The molecule has 264 valence electrons. The summed E-state index contributed by atoms with van der Waals surface area (Å²) in [6, 6.07) is 14.3. The number of thiol groups is 1. The summed E-state index contributed by atoms with van der Waals surface area (Å²) in [6.45, 7) is 5.31. The molecule has 0 saturated carbocycles. The van der Waals surface area contributed by atoms with Crippen LogP contribution in [0, 0.1) is 17.0 Å². The van der Waals surface area contributed by atoms with E-state index in [1.54, 1.807) is 47.1 Å². The van der Waals surface area contributed by atoms with Crippen LogP contribution in [0.2, 0.25) is 5.02 Å². The molecule has 2 unspecified atom stereocenters. The van der Waals surface area contributed by atoms with Gasteiger partial charge in [0.2, 0.25) is 10.9 Å². The van der Waals surface area contributed by atoms with Gasteiger partial charge in [0.15, 0.2) is 17.7 Å². The normalized spacial score (nSPS) is 13.0. The molecule has 0 aliphatic rings. The van der Waals surface area contributed by atoms with Crippen molar-refractivity contribution in [1.29, 1.82) is 0 Å². The molecule has 5 aromatic rings. The number of anilines is 1. The second-order valence-electron chi connectivity index (χ2n) is 12.6. The van der Waals surface area contributed by atoms with Crippen molar-refractivity contribution in [3.05, 3.63) is 111 Å². The van der Waals surface area contributed by atoms with E-state index in [9.17, 15) is 26.8 Å². The molecular weight excluding hydrogens is 694 g/mol. The Morgan fingerprint density at radius 2 is 1.72 bits per heavy atom. The number of amides is 1. The molecule has 3 aromatic carbocycles.